The van der Waals surface area contributed by atoms with Crippen molar-refractivity contribution in [3.8, 4) is 0 Å². The highest BCUT2D eigenvalue weighted by Gasteiger charge is 2.25. The molecule has 2 heterocycles. The van der Waals surface area contributed by atoms with Gasteiger partial charge < -0.3 is 29.4 Å². The lowest BCUT2D eigenvalue weighted by Crippen LogP contribution is -2.45. The number of hydrogen-bond donors (Lipinski definition) is 2. The van der Waals surface area contributed by atoms with Gasteiger partial charge in [-0.25, -0.2) is 14.4 Å². The van der Waals surface area contributed by atoms with E-state index in [1.54, 1.807) is 35.8 Å². The number of para-hydroxylation sites is 1. The number of amides is 2. The Hall–Kier alpha value is -3.82. The van der Waals surface area contributed by atoms with Gasteiger partial charge in [-0.3, -0.25) is 4.79 Å². The normalized spacial score (nSPS) is 13.5. The summed E-state index contributed by atoms with van der Waals surface area (Å²) in [4.78, 5) is 48.0. The van der Waals surface area contributed by atoms with Gasteiger partial charge in [0.1, 0.15) is 13.2 Å². The molecule has 0 fully saturated rings. The van der Waals surface area contributed by atoms with Crippen LogP contribution in [0.5, 0.6) is 0 Å². The molecule has 2 aromatic rings. The van der Waals surface area contributed by atoms with Gasteiger partial charge in [-0.1, -0.05) is 18.2 Å². The quantitative estimate of drug-likeness (QED) is 0.512. The van der Waals surface area contributed by atoms with Crippen LogP contribution in [0.25, 0.3) is 10.9 Å². The molecular weight excluding hydrogens is 394 g/mol. The molecule has 3 rings (SSSR count). The molecule has 1 aliphatic heterocycles. The molecule has 0 saturated carbocycles. The molecule has 158 valence electrons. The van der Waals surface area contributed by atoms with E-state index in [1.165, 1.54) is 13.3 Å². The van der Waals surface area contributed by atoms with Crippen LogP contribution in [0.4, 0.5) is 4.79 Å². The third kappa shape index (κ3) is 4.43. The van der Waals surface area contributed by atoms with Gasteiger partial charge in [-0.2, -0.15) is 0 Å². The van der Waals surface area contributed by atoms with Crippen LogP contribution in [0.2, 0.25) is 0 Å². The van der Waals surface area contributed by atoms with Crippen LogP contribution in [0, 0.1) is 0 Å². The minimum Gasteiger partial charge on any atom is -0.465 e. The second kappa shape index (κ2) is 9.12. The Kier molecular flexibility index (Phi) is 6.35. The van der Waals surface area contributed by atoms with Gasteiger partial charge in [-0.15, -0.1) is 0 Å². The fraction of sp³-hybridized carbons (Fsp3) is 0.300. The number of esters is 3. The Morgan fingerprint density at radius 2 is 1.90 bits per heavy atom. The van der Waals surface area contributed by atoms with E-state index >= 15 is 0 Å². The second-order valence-electron chi connectivity index (χ2n) is 6.33. The van der Waals surface area contributed by atoms with Crippen LogP contribution in [-0.2, 0) is 30.3 Å². The first kappa shape index (κ1) is 20.9. The standard InChI is InChI=1S/C20H21N3O7/c1-3-29-19(26)13-8-21-20(27)22-15(13)11-30-17(24)10-23-9-14(18(25)28-2)12-6-4-5-7-16(12)23/h4-7,9H,3,8,10-11H2,1-2H3,(H2,21,22,27). The summed E-state index contributed by atoms with van der Waals surface area (Å²) < 4.78 is 16.6. The lowest BCUT2D eigenvalue weighted by atomic mass is 10.2. The summed E-state index contributed by atoms with van der Waals surface area (Å²) in [7, 11) is 1.28. The van der Waals surface area contributed by atoms with E-state index in [0.717, 1.165) is 0 Å². The molecule has 1 aromatic carbocycles. The van der Waals surface area contributed by atoms with E-state index in [4.69, 9.17) is 14.2 Å². The minimum atomic E-state index is -0.615. The fourth-order valence-corrected chi connectivity index (χ4v) is 3.06. The van der Waals surface area contributed by atoms with Gasteiger partial charge in [0.25, 0.3) is 0 Å². The molecule has 0 unspecified atom stereocenters. The second-order valence-corrected chi connectivity index (χ2v) is 6.33. The number of nitrogens with zero attached hydrogens (tertiary/aromatic N) is 1. The summed E-state index contributed by atoms with van der Waals surface area (Å²) >= 11 is 0. The number of carbonyl (C=O) groups is 4. The van der Waals surface area contributed by atoms with E-state index < -0.39 is 23.9 Å². The molecule has 0 saturated heterocycles. The Bertz CT molecular complexity index is 1040. The number of urea groups is 1. The van der Waals surface area contributed by atoms with Crippen LogP contribution in [0.15, 0.2) is 41.7 Å². The summed E-state index contributed by atoms with van der Waals surface area (Å²) in [6, 6.07) is 6.58. The minimum absolute atomic E-state index is 0.0255. The van der Waals surface area contributed by atoms with Crippen LogP contribution in [0.1, 0.15) is 17.3 Å². The molecule has 0 aliphatic carbocycles. The summed E-state index contributed by atoms with van der Waals surface area (Å²) in [5.41, 5.74) is 1.34. The number of rotatable bonds is 7. The Balaban J connectivity index is 1.75. The lowest BCUT2D eigenvalue weighted by molar-refractivity contribution is -0.144. The lowest BCUT2D eigenvalue weighted by Gasteiger charge is -2.21. The maximum Gasteiger partial charge on any atom is 0.340 e. The molecule has 10 nitrogen and oxygen atoms in total. The predicted molar refractivity (Wildman–Crippen MR) is 104 cm³/mol. The van der Waals surface area contributed by atoms with E-state index in [-0.39, 0.29) is 37.6 Å². The molecule has 0 radical (unpaired) electrons. The van der Waals surface area contributed by atoms with Crippen molar-refractivity contribution in [1.82, 2.24) is 15.2 Å². The maximum atomic E-state index is 12.4. The molecule has 0 bridgehead atoms. The van der Waals surface area contributed by atoms with Crippen LogP contribution < -0.4 is 10.6 Å². The zero-order valence-corrected chi connectivity index (χ0v) is 16.5. The van der Waals surface area contributed by atoms with Gasteiger partial charge in [0.15, 0.2) is 0 Å². The first-order valence-corrected chi connectivity index (χ1v) is 9.20. The van der Waals surface area contributed by atoms with Gasteiger partial charge in [0.2, 0.25) is 0 Å². The summed E-state index contributed by atoms with van der Waals surface area (Å²) in [6.07, 6.45) is 1.52. The van der Waals surface area contributed by atoms with E-state index in [9.17, 15) is 19.2 Å². The van der Waals surface area contributed by atoms with Crippen molar-refractivity contribution in [2.45, 2.75) is 13.5 Å². The molecule has 30 heavy (non-hydrogen) atoms. The van der Waals surface area contributed by atoms with E-state index in [1.807, 2.05) is 0 Å². The zero-order valence-electron chi connectivity index (χ0n) is 16.5. The molecule has 1 aliphatic rings. The van der Waals surface area contributed by atoms with Crippen molar-refractivity contribution in [3.05, 3.63) is 47.3 Å². The van der Waals surface area contributed by atoms with Crippen LogP contribution in [0.3, 0.4) is 0 Å². The fourth-order valence-electron chi connectivity index (χ4n) is 3.06. The highest BCUT2D eigenvalue weighted by molar-refractivity contribution is 6.04. The monoisotopic (exact) mass is 415 g/mol. The first-order valence-electron chi connectivity index (χ1n) is 9.20. The van der Waals surface area contributed by atoms with Gasteiger partial charge in [0, 0.05) is 17.1 Å². The number of fused-ring (bicyclic) bond motifs is 1. The number of methoxy groups -OCH3 is 1. The SMILES string of the molecule is CCOC(=O)C1=C(COC(=O)Cn2cc(C(=O)OC)c3ccccc32)NC(=O)NC1. The number of benzene rings is 1. The molecule has 10 heteroatoms. The molecule has 0 spiro atoms. The average molecular weight is 415 g/mol. The number of nitrogens with one attached hydrogen (secondary N) is 2. The highest BCUT2D eigenvalue weighted by atomic mass is 16.5. The van der Waals surface area contributed by atoms with Crippen molar-refractivity contribution in [2.75, 3.05) is 26.9 Å². The maximum absolute atomic E-state index is 12.4. The largest absolute Gasteiger partial charge is 0.465 e. The van der Waals surface area contributed by atoms with E-state index in [2.05, 4.69) is 10.6 Å². The summed E-state index contributed by atoms with van der Waals surface area (Å²) in [5, 5.41) is 5.58. The van der Waals surface area contributed by atoms with Crippen LogP contribution >= 0.6 is 0 Å². The molecule has 0 atom stereocenters. The van der Waals surface area contributed by atoms with Gasteiger partial charge >= 0.3 is 23.9 Å². The molecule has 1 aromatic heterocycles. The van der Waals surface area contributed by atoms with Crippen molar-refractivity contribution in [1.29, 1.82) is 0 Å². The number of carbonyl (C=O) groups excluding carboxylic acids is 4. The van der Waals surface area contributed by atoms with Gasteiger partial charge in [0.05, 0.1) is 37.1 Å². The summed E-state index contributed by atoms with van der Waals surface area (Å²) in [5.74, 6) is -1.73. The Morgan fingerprint density at radius 1 is 1.13 bits per heavy atom. The zero-order chi connectivity index (χ0) is 21.7. The van der Waals surface area contributed by atoms with Crippen molar-refractivity contribution >= 4 is 34.8 Å². The first-order chi connectivity index (χ1) is 14.4. The summed E-state index contributed by atoms with van der Waals surface area (Å²) in [6.45, 7) is 1.33. The van der Waals surface area contributed by atoms with Gasteiger partial charge in [-0.05, 0) is 13.0 Å². The molecule has 2 amide bonds. The number of aromatic nitrogens is 1. The number of ether oxygens (including phenoxy) is 3. The topological polar surface area (TPSA) is 125 Å². The average Bonchev–Trinajstić information content (AvgIpc) is 3.10. The van der Waals surface area contributed by atoms with Crippen molar-refractivity contribution in [2.24, 2.45) is 0 Å². The van der Waals surface area contributed by atoms with Crippen LogP contribution in [-0.4, -0.2) is 55.4 Å². The Morgan fingerprint density at radius 3 is 2.63 bits per heavy atom. The smallest absolute Gasteiger partial charge is 0.340 e. The van der Waals surface area contributed by atoms with Crippen molar-refractivity contribution < 1.29 is 33.4 Å². The molecule has 2 N–H and O–H groups in total. The Labute approximate surface area is 171 Å². The van der Waals surface area contributed by atoms with Crippen molar-refractivity contribution in [3.63, 3.8) is 0 Å². The number of hydrogen-bond acceptors (Lipinski definition) is 7. The van der Waals surface area contributed by atoms with E-state index in [0.29, 0.717) is 16.5 Å². The predicted octanol–water partition coefficient (Wildman–Crippen LogP) is 1.10. The highest BCUT2D eigenvalue weighted by Crippen LogP contribution is 2.22. The third-order valence-electron chi connectivity index (χ3n) is 4.45. The third-order valence-corrected chi connectivity index (χ3v) is 4.45. The molecular formula is C20H21N3O7.